The third-order valence-corrected chi connectivity index (χ3v) is 1.78. The zero-order valence-corrected chi connectivity index (χ0v) is 7.27. The van der Waals surface area contributed by atoms with Crippen LogP contribution in [0.1, 0.15) is 11.6 Å². The number of rotatable bonds is 3. The van der Waals surface area contributed by atoms with Gasteiger partial charge < -0.3 is 16.5 Å². The Bertz CT molecular complexity index is 400. The molecule has 0 bridgehead atoms. The summed E-state index contributed by atoms with van der Waals surface area (Å²) < 4.78 is 0. The van der Waals surface area contributed by atoms with E-state index in [0.29, 0.717) is 5.56 Å². The number of H-pyrrole nitrogens is 1. The number of aromatic amines is 1. The SMILES string of the molecule is NC[C@@H](N)c1c[nH]c(=O)c([N+](=O)[O-])c1. The highest BCUT2D eigenvalue weighted by Crippen LogP contribution is 2.11. The van der Waals surface area contributed by atoms with Gasteiger partial charge in [-0.25, -0.2) is 0 Å². The second-order valence-electron chi connectivity index (χ2n) is 2.75. The molecule has 1 rings (SSSR count). The van der Waals surface area contributed by atoms with Gasteiger partial charge in [-0.3, -0.25) is 14.9 Å². The van der Waals surface area contributed by atoms with Gasteiger partial charge >= 0.3 is 11.2 Å². The molecule has 76 valence electrons. The Kier molecular flexibility index (Phi) is 2.95. The van der Waals surface area contributed by atoms with E-state index in [9.17, 15) is 14.9 Å². The molecule has 1 aromatic heterocycles. The van der Waals surface area contributed by atoms with Crippen molar-refractivity contribution in [3.63, 3.8) is 0 Å². The van der Waals surface area contributed by atoms with Crippen molar-refractivity contribution in [1.82, 2.24) is 4.98 Å². The predicted octanol–water partition coefficient (Wildman–Crippen LogP) is -0.758. The average molecular weight is 198 g/mol. The van der Waals surface area contributed by atoms with Gasteiger partial charge in [-0.15, -0.1) is 0 Å². The number of hydrogen-bond acceptors (Lipinski definition) is 5. The summed E-state index contributed by atoms with van der Waals surface area (Å²) in [5.41, 5.74) is 10.00. The van der Waals surface area contributed by atoms with Crippen LogP contribution in [-0.4, -0.2) is 16.5 Å². The standard InChI is InChI=1S/C7H10N4O3/c8-2-5(9)4-1-6(11(13)14)7(12)10-3-4/h1,3,5H,2,8-9H2,(H,10,12)/t5-/m1/s1. The normalized spacial score (nSPS) is 12.4. The van der Waals surface area contributed by atoms with Crippen LogP contribution in [0, 0.1) is 10.1 Å². The van der Waals surface area contributed by atoms with Gasteiger partial charge in [-0.2, -0.15) is 0 Å². The van der Waals surface area contributed by atoms with E-state index >= 15 is 0 Å². The maximum atomic E-state index is 11.0. The molecule has 0 amide bonds. The summed E-state index contributed by atoms with van der Waals surface area (Å²) in [4.78, 5) is 22.8. The van der Waals surface area contributed by atoms with E-state index < -0.39 is 22.2 Å². The number of nitrogens with zero attached hydrogens (tertiary/aromatic N) is 1. The molecule has 0 aliphatic carbocycles. The van der Waals surface area contributed by atoms with Gasteiger partial charge in [0.05, 0.1) is 4.92 Å². The molecule has 0 radical (unpaired) electrons. The van der Waals surface area contributed by atoms with E-state index in [4.69, 9.17) is 11.5 Å². The van der Waals surface area contributed by atoms with E-state index in [0.717, 1.165) is 6.07 Å². The number of nitrogens with one attached hydrogen (secondary N) is 1. The molecule has 1 aromatic rings. The monoisotopic (exact) mass is 198 g/mol. The Labute approximate surface area is 78.9 Å². The number of pyridine rings is 1. The molecule has 0 spiro atoms. The van der Waals surface area contributed by atoms with Crippen LogP contribution in [-0.2, 0) is 0 Å². The van der Waals surface area contributed by atoms with Gasteiger partial charge in [0.25, 0.3) is 0 Å². The van der Waals surface area contributed by atoms with Crippen molar-refractivity contribution in [2.45, 2.75) is 6.04 Å². The number of hydrogen-bond donors (Lipinski definition) is 3. The summed E-state index contributed by atoms with van der Waals surface area (Å²) in [5.74, 6) is 0. The third kappa shape index (κ3) is 1.95. The lowest BCUT2D eigenvalue weighted by Gasteiger charge is -2.07. The Balaban J connectivity index is 3.19. The van der Waals surface area contributed by atoms with Gasteiger partial charge in [0.2, 0.25) is 0 Å². The summed E-state index contributed by atoms with van der Waals surface area (Å²) in [6.45, 7) is 0.156. The highest BCUT2D eigenvalue weighted by atomic mass is 16.6. The van der Waals surface area contributed by atoms with Crippen LogP contribution in [0.25, 0.3) is 0 Å². The summed E-state index contributed by atoms with van der Waals surface area (Å²) >= 11 is 0. The van der Waals surface area contributed by atoms with Crippen molar-refractivity contribution in [1.29, 1.82) is 0 Å². The quantitative estimate of drug-likeness (QED) is 0.434. The molecule has 0 aromatic carbocycles. The zero-order valence-electron chi connectivity index (χ0n) is 7.27. The van der Waals surface area contributed by atoms with Gasteiger partial charge in [-0.1, -0.05) is 0 Å². The molecule has 7 nitrogen and oxygen atoms in total. The molecule has 0 saturated carbocycles. The van der Waals surface area contributed by atoms with Crippen LogP contribution in [0.4, 0.5) is 5.69 Å². The molecule has 1 atom stereocenters. The highest BCUT2D eigenvalue weighted by Gasteiger charge is 2.14. The fourth-order valence-corrected chi connectivity index (χ4v) is 0.974. The summed E-state index contributed by atoms with van der Waals surface area (Å²) in [7, 11) is 0. The molecule has 0 saturated heterocycles. The van der Waals surface area contributed by atoms with Gasteiger partial charge in [-0.05, 0) is 5.56 Å². The molecule has 14 heavy (non-hydrogen) atoms. The lowest BCUT2D eigenvalue weighted by atomic mass is 10.1. The lowest BCUT2D eigenvalue weighted by Crippen LogP contribution is -2.22. The minimum absolute atomic E-state index is 0.156. The van der Waals surface area contributed by atoms with Crippen LogP contribution in [0.5, 0.6) is 0 Å². The lowest BCUT2D eigenvalue weighted by molar-refractivity contribution is -0.386. The molecule has 7 heteroatoms. The van der Waals surface area contributed by atoms with Gasteiger partial charge in [0, 0.05) is 24.8 Å². The molecule has 0 aliphatic heterocycles. The Morgan fingerprint density at radius 3 is 2.79 bits per heavy atom. The minimum atomic E-state index is -0.758. The van der Waals surface area contributed by atoms with Crippen molar-refractivity contribution in [3.05, 3.63) is 38.3 Å². The Morgan fingerprint density at radius 1 is 1.64 bits per heavy atom. The van der Waals surface area contributed by atoms with Crippen LogP contribution in [0.3, 0.4) is 0 Å². The second-order valence-corrected chi connectivity index (χ2v) is 2.75. The van der Waals surface area contributed by atoms with E-state index in [-0.39, 0.29) is 6.54 Å². The predicted molar refractivity (Wildman–Crippen MR) is 49.7 cm³/mol. The molecule has 5 N–H and O–H groups in total. The first-order chi connectivity index (χ1) is 6.56. The molecular weight excluding hydrogens is 188 g/mol. The largest absolute Gasteiger partial charge is 0.334 e. The van der Waals surface area contributed by atoms with E-state index in [2.05, 4.69) is 4.98 Å². The molecule has 0 fully saturated rings. The first-order valence-corrected chi connectivity index (χ1v) is 3.89. The fraction of sp³-hybridized carbons (Fsp3) is 0.286. The van der Waals surface area contributed by atoms with Crippen molar-refractivity contribution in [3.8, 4) is 0 Å². The molecular formula is C7H10N4O3. The summed E-state index contributed by atoms with van der Waals surface area (Å²) in [5, 5.41) is 10.4. The van der Waals surface area contributed by atoms with E-state index in [1.54, 1.807) is 0 Å². The second kappa shape index (κ2) is 3.99. The van der Waals surface area contributed by atoms with Gasteiger partial charge in [0.15, 0.2) is 0 Å². The van der Waals surface area contributed by atoms with Crippen molar-refractivity contribution < 1.29 is 4.92 Å². The van der Waals surface area contributed by atoms with Gasteiger partial charge in [0.1, 0.15) is 0 Å². The smallest absolute Gasteiger partial charge is 0.329 e. The topological polar surface area (TPSA) is 128 Å². The van der Waals surface area contributed by atoms with Crippen molar-refractivity contribution in [2.75, 3.05) is 6.54 Å². The fourth-order valence-electron chi connectivity index (χ4n) is 0.974. The number of nitrogens with two attached hydrogens (primary N) is 2. The summed E-state index contributed by atoms with van der Waals surface area (Å²) in [6, 6.07) is 0.627. The Morgan fingerprint density at radius 2 is 2.29 bits per heavy atom. The van der Waals surface area contributed by atoms with Crippen LogP contribution in [0.15, 0.2) is 17.1 Å². The Hall–Kier alpha value is -1.73. The average Bonchev–Trinajstić information content (AvgIpc) is 2.17. The van der Waals surface area contributed by atoms with Crippen molar-refractivity contribution >= 4 is 5.69 Å². The highest BCUT2D eigenvalue weighted by molar-refractivity contribution is 5.31. The first-order valence-electron chi connectivity index (χ1n) is 3.89. The van der Waals surface area contributed by atoms with E-state index in [1.165, 1.54) is 6.20 Å². The van der Waals surface area contributed by atoms with Crippen LogP contribution < -0.4 is 17.0 Å². The van der Waals surface area contributed by atoms with Crippen molar-refractivity contribution in [2.24, 2.45) is 11.5 Å². The molecule has 0 aliphatic rings. The first kappa shape index (κ1) is 10.4. The molecule has 0 unspecified atom stereocenters. The number of nitro groups is 1. The third-order valence-electron chi connectivity index (χ3n) is 1.78. The summed E-state index contributed by atoms with van der Waals surface area (Å²) in [6.07, 6.45) is 1.33. The van der Waals surface area contributed by atoms with Crippen LogP contribution >= 0.6 is 0 Å². The number of aromatic nitrogens is 1. The van der Waals surface area contributed by atoms with Crippen LogP contribution in [0.2, 0.25) is 0 Å². The van der Waals surface area contributed by atoms with E-state index in [1.807, 2.05) is 0 Å². The zero-order chi connectivity index (χ0) is 10.7. The maximum Gasteiger partial charge on any atom is 0.334 e. The molecule has 1 heterocycles. The maximum absolute atomic E-state index is 11.0. The minimum Gasteiger partial charge on any atom is -0.329 e.